The van der Waals surface area contributed by atoms with E-state index in [0.29, 0.717) is 11.0 Å². The fourth-order valence-corrected chi connectivity index (χ4v) is 2.20. The molecule has 1 rings (SSSR count). The van der Waals surface area contributed by atoms with Crippen molar-refractivity contribution in [2.45, 2.75) is 6.54 Å². The number of thiazole rings is 1. The summed E-state index contributed by atoms with van der Waals surface area (Å²) < 4.78 is 0.444. The van der Waals surface area contributed by atoms with Crippen molar-refractivity contribution in [1.29, 1.82) is 0 Å². The molecule has 1 aromatic rings. The van der Waals surface area contributed by atoms with Gasteiger partial charge in [0.2, 0.25) is 5.82 Å². The molecule has 0 saturated carbocycles. The van der Waals surface area contributed by atoms with Crippen LogP contribution in [-0.4, -0.2) is 47.2 Å². The van der Waals surface area contributed by atoms with E-state index < -0.39 is 4.92 Å². The highest BCUT2D eigenvalue weighted by atomic mass is 35.5. The maximum Gasteiger partial charge on any atom is 0.276 e. The Hall–Kier alpha value is -1.67. The van der Waals surface area contributed by atoms with Crippen molar-refractivity contribution in [3.05, 3.63) is 37.7 Å². The summed E-state index contributed by atoms with van der Waals surface area (Å²) in [5.74, 6) is 0.253. The van der Waals surface area contributed by atoms with E-state index in [1.165, 1.54) is 17.7 Å². The molecule has 0 aromatic carbocycles. The minimum atomic E-state index is -0.529. The van der Waals surface area contributed by atoms with Crippen LogP contribution < -0.4 is 0 Å². The van der Waals surface area contributed by atoms with Gasteiger partial charge in [0.15, 0.2) is 4.47 Å². The third-order valence-corrected chi connectivity index (χ3v) is 3.05. The average Bonchev–Trinajstić information content (AvgIpc) is 2.69. The van der Waals surface area contributed by atoms with Gasteiger partial charge in [0.05, 0.1) is 17.8 Å². The lowest BCUT2D eigenvalue weighted by Gasteiger charge is -2.16. The summed E-state index contributed by atoms with van der Waals surface area (Å²) in [7, 11) is 5.29. The van der Waals surface area contributed by atoms with E-state index in [1.807, 2.05) is 0 Å². The van der Waals surface area contributed by atoms with Crippen LogP contribution in [0.25, 0.3) is 0 Å². The largest absolute Gasteiger partial charge is 0.369 e. The molecule has 1 aromatic heterocycles. The highest BCUT2D eigenvalue weighted by molar-refractivity contribution is 7.15. The smallest absolute Gasteiger partial charge is 0.276 e. The summed E-state index contributed by atoms with van der Waals surface area (Å²) in [4.78, 5) is 22.3. The predicted molar refractivity (Wildman–Crippen MR) is 75.8 cm³/mol. The fourth-order valence-electron chi connectivity index (χ4n) is 1.17. The van der Waals surface area contributed by atoms with Crippen LogP contribution in [0.4, 0.5) is 0 Å². The lowest BCUT2D eigenvalue weighted by molar-refractivity contribution is -0.404. The molecule has 0 N–H and O–H groups in total. The molecule has 0 amide bonds. The Bertz CT molecular complexity index is 500. The molecule has 0 fully saturated rings. The van der Waals surface area contributed by atoms with E-state index in [1.54, 1.807) is 37.1 Å². The molecule has 9 heteroatoms. The number of hydrogen-bond acceptors (Lipinski definition) is 6. The van der Waals surface area contributed by atoms with Crippen LogP contribution in [0.15, 0.2) is 23.2 Å². The molecule has 0 radical (unpaired) electrons. The van der Waals surface area contributed by atoms with Crippen LogP contribution in [0.1, 0.15) is 4.88 Å². The summed E-state index contributed by atoms with van der Waals surface area (Å²) in [6, 6.07) is 0. The van der Waals surface area contributed by atoms with Crippen LogP contribution in [0.5, 0.6) is 0 Å². The number of halogens is 1. The van der Waals surface area contributed by atoms with Crippen LogP contribution >= 0.6 is 22.9 Å². The van der Waals surface area contributed by atoms with E-state index in [9.17, 15) is 10.1 Å². The zero-order chi connectivity index (χ0) is 14.4. The molecular weight excluding hydrogens is 290 g/mol. The zero-order valence-electron chi connectivity index (χ0n) is 10.8. The molecule has 0 atom stereocenters. The monoisotopic (exact) mass is 303 g/mol. The topological polar surface area (TPSA) is 74.9 Å². The van der Waals surface area contributed by atoms with Crippen molar-refractivity contribution >= 4 is 29.3 Å². The first kappa shape index (κ1) is 15.4. The number of aromatic nitrogens is 1. The van der Waals surface area contributed by atoms with Gasteiger partial charge in [-0.15, -0.1) is 11.3 Å². The van der Waals surface area contributed by atoms with Crippen molar-refractivity contribution in [3.8, 4) is 0 Å². The standard InChI is InChI=1S/C10H14ClN5O2S/c1-14(2)7-13-9(6-16(17)18)15(3)5-8-4-12-10(11)19-8/h4,6-7H,5H2,1-3H3/b9-6+,13-7?. The molecule has 7 nitrogen and oxygen atoms in total. The molecule has 0 unspecified atom stereocenters. The van der Waals surface area contributed by atoms with E-state index in [-0.39, 0.29) is 5.82 Å². The van der Waals surface area contributed by atoms with Gasteiger partial charge in [-0.25, -0.2) is 9.98 Å². The minimum absolute atomic E-state index is 0.253. The first-order valence-corrected chi connectivity index (χ1v) is 6.45. The van der Waals surface area contributed by atoms with Gasteiger partial charge >= 0.3 is 0 Å². The van der Waals surface area contributed by atoms with Crippen molar-refractivity contribution in [1.82, 2.24) is 14.8 Å². The second kappa shape index (κ2) is 7.05. The van der Waals surface area contributed by atoms with Gasteiger partial charge in [-0.2, -0.15) is 0 Å². The highest BCUT2D eigenvalue weighted by Gasteiger charge is 2.10. The van der Waals surface area contributed by atoms with E-state index in [4.69, 9.17) is 11.6 Å². The highest BCUT2D eigenvalue weighted by Crippen LogP contribution is 2.20. The molecule has 0 bridgehead atoms. The van der Waals surface area contributed by atoms with Crippen LogP contribution in [-0.2, 0) is 6.54 Å². The van der Waals surface area contributed by atoms with Gasteiger partial charge in [0.1, 0.15) is 0 Å². The molecule has 1 heterocycles. The number of nitro groups is 1. The Balaban J connectivity index is 2.82. The van der Waals surface area contributed by atoms with Gasteiger partial charge in [-0.05, 0) is 0 Å². The van der Waals surface area contributed by atoms with Gasteiger partial charge in [-0.3, -0.25) is 10.1 Å². The first-order valence-electron chi connectivity index (χ1n) is 5.25. The molecule has 0 spiro atoms. The number of aliphatic imine (C=N–C) groups is 1. The summed E-state index contributed by atoms with van der Waals surface area (Å²) in [5.41, 5.74) is 0. The Morgan fingerprint density at radius 2 is 2.32 bits per heavy atom. The van der Waals surface area contributed by atoms with E-state index >= 15 is 0 Å². The molecule has 0 saturated heterocycles. The lowest BCUT2D eigenvalue weighted by Crippen LogP contribution is -2.18. The second-order valence-corrected chi connectivity index (χ2v) is 5.61. The lowest BCUT2D eigenvalue weighted by atomic mass is 10.5. The summed E-state index contributed by atoms with van der Waals surface area (Å²) >= 11 is 7.07. The van der Waals surface area contributed by atoms with Crippen molar-refractivity contribution < 1.29 is 4.92 Å². The summed E-state index contributed by atoms with van der Waals surface area (Å²) in [5, 5.41) is 10.6. The molecule has 0 aliphatic carbocycles. The number of nitrogens with zero attached hydrogens (tertiary/aromatic N) is 5. The first-order chi connectivity index (χ1) is 8.88. The van der Waals surface area contributed by atoms with E-state index in [0.717, 1.165) is 11.1 Å². The van der Waals surface area contributed by atoms with Gasteiger partial charge in [-0.1, -0.05) is 11.6 Å². The normalized spacial score (nSPS) is 11.9. The quantitative estimate of drug-likeness (QED) is 0.347. The van der Waals surface area contributed by atoms with Gasteiger partial charge in [0.25, 0.3) is 6.20 Å². The van der Waals surface area contributed by atoms with E-state index in [2.05, 4.69) is 9.98 Å². The summed E-state index contributed by atoms with van der Waals surface area (Å²) in [6.07, 6.45) is 4.01. The van der Waals surface area contributed by atoms with Crippen LogP contribution in [0.2, 0.25) is 4.47 Å². The average molecular weight is 304 g/mol. The van der Waals surface area contributed by atoms with Crippen LogP contribution in [0, 0.1) is 10.1 Å². The Morgan fingerprint density at radius 3 is 2.79 bits per heavy atom. The van der Waals surface area contributed by atoms with Crippen molar-refractivity contribution in [2.75, 3.05) is 21.1 Å². The van der Waals surface area contributed by atoms with Crippen molar-refractivity contribution in [3.63, 3.8) is 0 Å². The SMILES string of the molecule is CN(C)C=N/C(=C\[N+](=O)[O-])N(C)Cc1cnc(Cl)s1. The van der Waals surface area contributed by atoms with Gasteiger partial charge in [0, 0.05) is 32.2 Å². The number of rotatable bonds is 6. The second-order valence-electron chi connectivity index (χ2n) is 3.92. The Kier molecular flexibility index (Phi) is 5.71. The summed E-state index contributed by atoms with van der Waals surface area (Å²) in [6.45, 7) is 0.453. The predicted octanol–water partition coefficient (Wildman–Crippen LogP) is 1.89. The Morgan fingerprint density at radius 1 is 1.63 bits per heavy atom. The molecule has 0 aliphatic heterocycles. The fraction of sp³-hybridized carbons (Fsp3) is 0.400. The Labute approximate surface area is 120 Å². The molecule has 19 heavy (non-hydrogen) atoms. The third kappa shape index (κ3) is 5.66. The van der Waals surface area contributed by atoms with Crippen molar-refractivity contribution in [2.24, 2.45) is 4.99 Å². The van der Waals surface area contributed by atoms with Crippen LogP contribution in [0.3, 0.4) is 0 Å². The minimum Gasteiger partial charge on any atom is -0.369 e. The number of hydrogen-bond donors (Lipinski definition) is 0. The molecule has 0 aliphatic rings. The molecule has 104 valence electrons. The molecular formula is C10H14ClN5O2S. The maximum absolute atomic E-state index is 10.6. The third-order valence-electron chi connectivity index (χ3n) is 1.95. The van der Waals surface area contributed by atoms with Gasteiger partial charge < -0.3 is 9.80 Å². The maximum atomic E-state index is 10.6. The zero-order valence-corrected chi connectivity index (χ0v) is 12.4.